The number of methoxy groups -OCH3 is 1. The number of esters is 1. The number of azo groups is 1. The van der Waals surface area contributed by atoms with Crippen LogP contribution in [0.3, 0.4) is 0 Å². The third-order valence-electron chi connectivity index (χ3n) is 3.44. The van der Waals surface area contributed by atoms with Crippen LogP contribution in [-0.4, -0.2) is 13.1 Å². The van der Waals surface area contributed by atoms with Crippen LogP contribution >= 0.6 is 11.3 Å². The molecule has 0 amide bonds. The van der Waals surface area contributed by atoms with Gasteiger partial charge in [0.25, 0.3) is 0 Å². The number of hydrogen-bond acceptors (Lipinski definition) is 6. The first-order valence-corrected chi connectivity index (χ1v) is 8.86. The van der Waals surface area contributed by atoms with Crippen molar-refractivity contribution in [1.29, 1.82) is 0 Å². The molecule has 0 saturated carbocycles. The summed E-state index contributed by atoms with van der Waals surface area (Å²) in [5.41, 5.74) is 1.50. The standard InChI is InChI=1S/C20H15FN2O3S/c1-25-16-5-3-15(4-6-16)22-23-19-8-7-17(12-18(19)21)26-20(24)9-2-14-10-11-27-13-14/h2-13H,1H3/b9-2+,23-22?. The molecule has 0 aliphatic rings. The zero-order chi connectivity index (χ0) is 19.1. The molecule has 0 aliphatic heterocycles. The summed E-state index contributed by atoms with van der Waals surface area (Å²) >= 11 is 1.53. The number of ether oxygens (including phenoxy) is 2. The average molecular weight is 382 g/mol. The number of carbonyl (C=O) groups is 1. The molecule has 136 valence electrons. The van der Waals surface area contributed by atoms with E-state index in [1.165, 1.54) is 29.5 Å². The maximum absolute atomic E-state index is 14.1. The fraction of sp³-hybridized carbons (Fsp3) is 0.0500. The minimum atomic E-state index is -0.639. The number of halogens is 1. The number of hydrogen-bond donors (Lipinski definition) is 0. The molecule has 0 spiro atoms. The Balaban J connectivity index is 1.64. The van der Waals surface area contributed by atoms with E-state index in [1.54, 1.807) is 37.5 Å². The van der Waals surface area contributed by atoms with Crippen LogP contribution in [-0.2, 0) is 4.79 Å². The topological polar surface area (TPSA) is 60.3 Å². The third kappa shape index (κ3) is 5.32. The number of rotatable bonds is 6. The molecule has 0 radical (unpaired) electrons. The summed E-state index contributed by atoms with van der Waals surface area (Å²) in [6.07, 6.45) is 2.92. The van der Waals surface area contributed by atoms with Gasteiger partial charge >= 0.3 is 5.97 Å². The molecule has 0 saturated heterocycles. The van der Waals surface area contributed by atoms with Crippen LogP contribution in [0.15, 0.2) is 75.6 Å². The number of carbonyl (C=O) groups excluding carboxylic acids is 1. The first-order valence-electron chi connectivity index (χ1n) is 7.91. The molecule has 1 aromatic heterocycles. The van der Waals surface area contributed by atoms with Gasteiger partial charge in [-0.2, -0.15) is 16.5 Å². The first-order chi connectivity index (χ1) is 13.1. The van der Waals surface area contributed by atoms with Gasteiger partial charge in [-0.3, -0.25) is 0 Å². The minimum Gasteiger partial charge on any atom is -0.497 e. The van der Waals surface area contributed by atoms with Crippen molar-refractivity contribution in [2.75, 3.05) is 7.11 Å². The number of nitrogens with zero attached hydrogens (tertiary/aromatic N) is 2. The molecule has 3 rings (SSSR count). The van der Waals surface area contributed by atoms with Crippen LogP contribution < -0.4 is 9.47 Å². The van der Waals surface area contributed by atoms with E-state index < -0.39 is 11.8 Å². The van der Waals surface area contributed by atoms with Gasteiger partial charge in [-0.25, -0.2) is 9.18 Å². The molecule has 0 unspecified atom stereocenters. The van der Waals surface area contributed by atoms with Crippen molar-refractivity contribution in [2.24, 2.45) is 10.2 Å². The lowest BCUT2D eigenvalue weighted by Crippen LogP contribution is -2.03. The van der Waals surface area contributed by atoms with Crippen LogP contribution in [0, 0.1) is 5.82 Å². The fourth-order valence-electron chi connectivity index (χ4n) is 2.08. The van der Waals surface area contributed by atoms with E-state index in [4.69, 9.17) is 9.47 Å². The van der Waals surface area contributed by atoms with Crippen molar-refractivity contribution >= 4 is 34.8 Å². The van der Waals surface area contributed by atoms with E-state index >= 15 is 0 Å². The van der Waals surface area contributed by atoms with E-state index in [9.17, 15) is 9.18 Å². The molecule has 2 aromatic carbocycles. The molecule has 1 heterocycles. The Bertz CT molecular complexity index is 967. The Morgan fingerprint density at radius 3 is 2.52 bits per heavy atom. The van der Waals surface area contributed by atoms with E-state index in [1.807, 2.05) is 16.8 Å². The van der Waals surface area contributed by atoms with Crippen LogP contribution in [0.2, 0.25) is 0 Å². The largest absolute Gasteiger partial charge is 0.497 e. The highest BCUT2D eigenvalue weighted by atomic mass is 32.1. The van der Waals surface area contributed by atoms with E-state index in [2.05, 4.69) is 10.2 Å². The van der Waals surface area contributed by atoms with Gasteiger partial charge in [0.2, 0.25) is 0 Å². The highest BCUT2D eigenvalue weighted by molar-refractivity contribution is 7.08. The average Bonchev–Trinajstić information content (AvgIpc) is 3.20. The van der Waals surface area contributed by atoms with Gasteiger partial charge in [0.05, 0.1) is 12.8 Å². The normalized spacial score (nSPS) is 11.2. The molecule has 3 aromatic rings. The molecule has 0 bridgehead atoms. The van der Waals surface area contributed by atoms with Crippen molar-refractivity contribution < 1.29 is 18.7 Å². The van der Waals surface area contributed by atoms with Crippen LogP contribution in [0.5, 0.6) is 11.5 Å². The molecule has 0 N–H and O–H groups in total. The number of thiophene rings is 1. The summed E-state index contributed by atoms with van der Waals surface area (Å²) in [6.45, 7) is 0. The van der Waals surface area contributed by atoms with E-state index in [0.29, 0.717) is 11.4 Å². The lowest BCUT2D eigenvalue weighted by molar-refractivity contribution is -0.128. The first kappa shape index (κ1) is 18.5. The van der Waals surface area contributed by atoms with Gasteiger partial charge < -0.3 is 9.47 Å². The maximum Gasteiger partial charge on any atom is 0.336 e. The molecular weight excluding hydrogens is 367 g/mol. The molecule has 0 aliphatic carbocycles. The van der Waals surface area contributed by atoms with Crippen molar-refractivity contribution in [3.05, 3.63) is 76.7 Å². The summed E-state index contributed by atoms with van der Waals surface area (Å²) < 4.78 is 24.3. The zero-order valence-corrected chi connectivity index (χ0v) is 15.2. The van der Waals surface area contributed by atoms with Crippen molar-refractivity contribution in [3.63, 3.8) is 0 Å². The second kappa shape index (κ2) is 8.86. The maximum atomic E-state index is 14.1. The Morgan fingerprint density at radius 2 is 1.85 bits per heavy atom. The molecule has 7 heteroatoms. The molecular formula is C20H15FN2O3S. The second-order valence-corrected chi connectivity index (χ2v) is 6.10. The summed E-state index contributed by atoms with van der Waals surface area (Å²) in [5.74, 6) is -0.442. The third-order valence-corrected chi connectivity index (χ3v) is 4.14. The summed E-state index contributed by atoms with van der Waals surface area (Å²) in [5, 5.41) is 11.6. The summed E-state index contributed by atoms with van der Waals surface area (Å²) in [7, 11) is 1.57. The van der Waals surface area contributed by atoms with Gasteiger partial charge in [0.15, 0.2) is 5.82 Å². The van der Waals surface area contributed by atoms with Gasteiger partial charge in [0, 0.05) is 12.1 Å². The molecule has 5 nitrogen and oxygen atoms in total. The zero-order valence-electron chi connectivity index (χ0n) is 14.3. The quantitative estimate of drug-likeness (QED) is 0.230. The monoisotopic (exact) mass is 382 g/mol. The van der Waals surface area contributed by atoms with E-state index in [-0.39, 0.29) is 11.4 Å². The molecule has 0 fully saturated rings. The lowest BCUT2D eigenvalue weighted by atomic mass is 10.3. The smallest absolute Gasteiger partial charge is 0.336 e. The van der Waals surface area contributed by atoms with Gasteiger partial charge in [0.1, 0.15) is 17.2 Å². The van der Waals surface area contributed by atoms with Crippen molar-refractivity contribution in [1.82, 2.24) is 0 Å². The van der Waals surface area contributed by atoms with Crippen molar-refractivity contribution in [3.8, 4) is 11.5 Å². The highest BCUT2D eigenvalue weighted by Crippen LogP contribution is 2.26. The van der Waals surface area contributed by atoms with Crippen LogP contribution in [0.25, 0.3) is 6.08 Å². The van der Waals surface area contributed by atoms with Gasteiger partial charge in [-0.15, -0.1) is 5.11 Å². The van der Waals surface area contributed by atoms with Crippen LogP contribution in [0.1, 0.15) is 5.56 Å². The fourth-order valence-corrected chi connectivity index (χ4v) is 2.71. The number of benzene rings is 2. The Kier molecular flexibility index (Phi) is 6.06. The Morgan fingerprint density at radius 1 is 1.07 bits per heavy atom. The molecule has 0 atom stereocenters. The summed E-state index contributed by atoms with van der Waals surface area (Å²) in [4.78, 5) is 11.8. The van der Waals surface area contributed by atoms with Crippen LogP contribution in [0.4, 0.5) is 15.8 Å². The Labute approximate surface area is 159 Å². The Hall–Kier alpha value is -3.32. The highest BCUT2D eigenvalue weighted by Gasteiger charge is 2.07. The predicted molar refractivity (Wildman–Crippen MR) is 103 cm³/mol. The minimum absolute atomic E-state index is 0.0411. The SMILES string of the molecule is COc1ccc(N=Nc2ccc(OC(=O)/C=C/c3ccsc3)cc2F)cc1. The predicted octanol–water partition coefficient (Wildman–Crippen LogP) is 5.93. The van der Waals surface area contributed by atoms with Crippen molar-refractivity contribution in [2.45, 2.75) is 0 Å². The van der Waals surface area contributed by atoms with Gasteiger partial charge in [-0.05, 0) is 64.9 Å². The second-order valence-electron chi connectivity index (χ2n) is 5.32. The van der Waals surface area contributed by atoms with E-state index in [0.717, 1.165) is 11.6 Å². The lowest BCUT2D eigenvalue weighted by Gasteiger charge is -2.03. The molecule has 27 heavy (non-hydrogen) atoms. The van der Waals surface area contributed by atoms with Gasteiger partial charge in [-0.1, -0.05) is 0 Å². The summed E-state index contributed by atoms with van der Waals surface area (Å²) in [6, 6.07) is 12.7.